The standard InChI is InChI=1S/C28H21Cl2FN2O4/c1-32-14-19(18-5-3-4-6-22(18)32)24-23(25(34)16-11-20(29)27(37-2)21(30)12-16)26(35)28(36)33(24)13-15-7-9-17(31)10-8-15/h3-12,14,24,34H,13H2,1-2H3/b25-23+. The van der Waals surface area contributed by atoms with E-state index < -0.39 is 29.3 Å². The first-order valence-electron chi connectivity index (χ1n) is 11.3. The Kier molecular flexibility index (Phi) is 6.43. The minimum atomic E-state index is -0.921. The first kappa shape index (κ1) is 24.9. The zero-order chi connectivity index (χ0) is 26.4. The van der Waals surface area contributed by atoms with E-state index >= 15 is 0 Å². The molecule has 6 nitrogen and oxygen atoms in total. The quantitative estimate of drug-likeness (QED) is 0.185. The SMILES string of the molecule is COc1c(Cl)cc(/C(O)=C2\C(=O)C(=O)N(Cc3ccc(F)cc3)C2c2cn(C)c3ccccc23)cc1Cl. The highest BCUT2D eigenvalue weighted by molar-refractivity contribution is 6.47. The third kappa shape index (κ3) is 4.24. The van der Waals surface area contributed by atoms with Crippen LogP contribution in [0.2, 0.25) is 10.0 Å². The number of likely N-dealkylation sites (tertiary alicyclic amines) is 1. The van der Waals surface area contributed by atoms with Gasteiger partial charge in [-0.05, 0) is 35.9 Å². The van der Waals surface area contributed by atoms with Crippen LogP contribution in [-0.4, -0.2) is 33.4 Å². The van der Waals surface area contributed by atoms with Crippen molar-refractivity contribution in [3.05, 3.63) is 105 Å². The fourth-order valence-corrected chi connectivity index (χ4v) is 5.43. The van der Waals surface area contributed by atoms with Crippen LogP contribution in [0.4, 0.5) is 4.39 Å². The van der Waals surface area contributed by atoms with Gasteiger partial charge in [-0.2, -0.15) is 0 Å². The van der Waals surface area contributed by atoms with Crippen molar-refractivity contribution in [1.29, 1.82) is 0 Å². The van der Waals surface area contributed by atoms with Crippen LogP contribution >= 0.6 is 23.2 Å². The first-order valence-corrected chi connectivity index (χ1v) is 12.1. The number of rotatable bonds is 5. The highest BCUT2D eigenvalue weighted by Gasteiger charge is 2.47. The predicted molar refractivity (Wildman–Crippen MR) is 140 cm³/mol. The van der Waals surface area contributed by atoms with Crippen molar-refractivity contribution in [3.63, 3.8) is 0 Å². The predicted octanol–water partition coefficient (Wildman–Crippen LogP) is 6.25. The number of Topliss-reactive ketones (excluding diaryl/α,β-unsaturated/α-hetero) is 1. The Morgan fingerprint density at radius 3 is 2.35 bits per heavy atom. The molecule has 2 heterocycles. The smallest absolute Gasteiger partial charge is 0.295 e. The third-order valence-corrected chi connectivity index (χ3v) is 7.07. The van der Waals surface area contributed by atoms with Crippen molar-refractivity contribution in [2.24, 2.45) is 7.05 Å². The fraction of sp³-hybridized carbons (Fsp3) is 0.143. The molecular weight excluding hydrogens is 518 g/mol. The van der Waals surface area contributed by atoms with Gasteiger partial charge in [0.05, 0.1) is 28.8 Å². The average Bonchev–Trinajstić information content (AvgIpc) is 3.33. The molecule has 1 aliphatic heterocycles. The summed E-state index contributed by atoms with van der Waals surface area (Å²) in [5, 5.41) is 12.5. The number of amides is 1. The molecule has 1 aromatic heterocycles. The van der Waals surface area contributed by atoms with Crippen molar-refractivity contribution in [3.8, 4) is 5.75 Å². The number of aromatic nitrogens is 1. The Bertz CT molecular complexity index is 1570. The normalized spacial score (nSPS) is 17.1. The Hall–Kier alpha value is -3.81. The topological polar surface area (TPSA) is 71.8 Å². The number of ketones is 1. The number of halogens is 3. The van der Waals surface area contributed by atoms with Gasteiger partial charge in [0.15, 0.2) is 5.75 Å². The number of hydrogen-bond acceptors (Lipinski definition) is 4. The van der Waals surface area contributed by atoms with Crippen LogP contribution in [0.5, 0.6) is 5.75 Å². The maximum Gasteiger partial charge on any atom is 0.295 e. The maximum atomic E-state index is 13.5. The lowest BCUT2D eigenvalue weighted by Crippen LogP contribution is -2.29. The summed E-state index contributed by atoms with van der Waals surface area (Å²) in [6.45, 7) is 0.0274. The second-order valence-corrected chi connectivity index (χ2v) is 9.55. The summed E-state index contributed by atoms with van der Waals surface area (Å²) in [5.41, 5.74) is 2.25. The molecule has 5 rings (SSSR count). The van der Waals surface area contributed by atoms with E-state index in [0.29, 0.717) is 11.1 Å². The molecule has 4 aromatic rings. The molecule has 0 aliphatic carbocycles. The van der Waals surface area contributed by atoms with E-state index in [9.17, 15) is 19.1 Å². The van der Waals surface area contributed by atoms with E-state index in [1.165, 1.54) is 36.3 Å². The third-order valence-electron chi connectivity index (χ3n) is 6.50. The van der Waals surface area contributed by atoms with Gasteiger partial charge in [-0.25, -0.2) is 4.39 Å². The Balaban J connectivity index is 1.73. The number of nitrogens with zero attached hydrogens (tertiary/aromatic N) is 2. The molecule has 37 heavy (non-hydrogen) atoms. The Morgan fingerprint density at radius 2 is 1.70 bits per heavy atom. The van der Waals surface area contributed by atoms with Crippen molar-refractivity contribution < 1.29 is 23.8 Å². The van der Waals surface area contributed by atoms with Crippen molar-refractivity contribution in [2.45, 2.75) is 12.6 Å². The van der Waals surface area contributed by atoms with Crippen LogP contribution in [0.1, 0.15) is 22.7 Å². The molecule has 1 atom stereocenters. The molecule has 1 amide bonds. The van der Waals surface area contributed by atoms with Crippen LogP contribution in [0, 0.1) is 5.82 Å². The first-order chi connectivity index (χ1) is 17.7. The maximum absolute atomic E-state index is 13.5. The molecule has 0 bridgehead atoms. The number of aliphatic hydroxyl groups excluding tert-OH is 1. The molecule has 3 aromatic carbocycles. The van der Waals surface area contributed by atoms with Gasteiger partial charge in [0.2, 0.25) is 0 Å². The van der Waals surface area contributed by atoms with E-state index in [-0.39, 0.29) is 33.5 Å². The zero-order valence-corrected chi connectivity index (χ0v) is 21.3. The molecule has 1 aliphatic rings. The number of para-hydroxylation sites is 1. The number of ether oxygens (including phenoxy) is 1. The number of benzene rings is 3. The number of carbonyl (C=O) groups is 2. The molecule has 1 N–H and O–H groups in total. The minimum absolute atomic E-state index is 0.0274. The molecular formula is C28H21Cl2FN2O4. The highest BCUT2D eigenvalue weighted by Crippen LogP contribution is 2.44. The Morgan fingerprint density at radius 1 is 1.05 bits per heavy atom. The second-order valence-electron chi connectivity index (χ2n) is 8.74. The summed E-state index contributed by atoms with van der Waals surface area (Å²) in [6.07, 6.45) is 1.83. The lowest BCUT2D eigenvalue weighted by Gasteiger charge is -2.25. The summed E-state index contributed by atoms with van der Waals surface area (Å²) in [7, 11) is 3.27. The summed E-state index contributed by atoms with van der Waals surface area (Å²) in [5.74, 6) is -2.23. The monoisotopic (exact) mass is 538 g/mol. The van der Waals surface area contributed by atoms with Crippen molar-refractivity contribution >= 4 is 51.6 Å². The van der Waals surface area contributed by atoms with Crippen LogP contribution in [0.3, 0.4) is 0 Å². The molecule has 0 spiro atoms. The summed E-state index contributed by atoms with van der Waals surface area (Å²) >= 11 is 12.6. The fourth-order valence-electron chi connectivity index (χ4n) is 4.79. The summed E-state index contributed by atoms with van der Waals surface area (Å²) < 4.78 is 20.6. The second kappa shape index (κ2) is 9.57. The summed E-state index contributed by atoms with van der Waals surface area (Å²) in [4.78, 5) is 28.2. The molecule has 188 valence electrons. The summed E-state index contributed by atoms with van der Waals surface area (Å²) in [6, 6.07) is 15.2. The van der Waals surface area contributed by atoms with Crippen LogP contribution in [-0.2, 0) is 23.2 Å². The van der Waals surface area contributed by atoms with E-state index in [1.54, 1.807) is 12.1 Å². The Labute approximate surface area is 222 Å². The number of methoxy groups -OCH3 is 1. The van der Waals surface area contributed by atoms with Gasteiger partial charge in [0.25, 0.3) is 11.7 Å². The van der Waals surface area contributed by atoms with Gasteiger partial charge in [-0.15, -0.1) is 0 Å². The number of carbonyl (C=O) groups excluding carboxylic acids is 2. The van der Waals surface area contributed by atoms with Gasteiger partial charge in [-0.3, -0.25) is 9.59 Å². The minimum Gasteiger partial charge on any atom is -0.507 e. The molecule has 1 saturated heterocycles. The van der Waals surface area contributed by atoms with Gasteiger partial charge >= 0.3 is 0 Å². The molecule has 9 heteroatoms. The number of hydrogen-bond donors (Lipinski definition) is 1. The van der Waals surface area contributed by atoms with Crippen molar-refractivity contribution in [1.82, 2.24) is 9.47 Å². The van der Waals surface area contributed by atoms with E-state index in [1.807, 2.05) is 42.1 Å². The lowest BCUT2D eigenvalue weighted by atomic mass is 9.94. The highest BCUT2D eigenvalue weighted by atomic mass is 35.5. The van der Waals surface area contributed by atoms with Gasteiger partial charge in [-0.1, -0.05) is 53.5 Å². The van der Waals surface area contributed by atoms with Crippen LogP contribution < -0.4 is 4.74 Å². The van der Waals surface area contributed by atoms with E-state index in [0.717, 1.165) is 10.9 Å². The molecule has 1 unspecified atom stereocenters. The van der Waals surface area contributed by atoms with Crippen LogP contribution in [0.15, 0.2) is 72.4 Å². The number of aryl methyl sites for hydroxylation is 1. The largest absolute Gasteiger partial charge is 0.507 e. The number of fused-ring (bicyclic) bond motifs is 1. The average molecular weight is 539 g/mol. The van der Waals surface area contributed by atoms with E-state index in [2.05, 4.69) is 0 Å². The zero-order valence-electron chi connectivity index (χ0n) is 19.8. The molecule has 0 saturated carbocycles. The lowest BCUT2D eigenvalue weighted by molar-refractivity contribution is -0.140. The van der Waals surface area contributed by atoms with Gasteiger partial charge in [0.1, 0.15) is 11.6 Å². The van der Waals surface area contributed by atoms with Gasteiger partial charge in [0, 0.05) is 41.8 Å². The molecule has 1 fully saturated rings. The number of aliphatic hydroxyl groups is 1. The molecule has 0 radical (unpaired) electrons. The van der Waals surface area contributed by atoms with E-state index in [4.69, 9.17) is 27.9 Å². The van der Waals surface area contributed by atoms with Crippen molar-refractivity contribution in [2.75, 3.05) is 7.11 Å². The van der Waals surface area contributed by atoms with Gasteiger partial charge < -0.3 is 19.3 Å². The van der Waals surface area contributed by atoms with Crippen LogP contribution in [0.25, 0.3) is 16.7 Å².